The van der Waals surface area contributed by atoms with E-state index in [2.05, 4.69) is 39.9 Å². The minimum Gasteiger partial charge on any atom is -0.396 e. The molecule has 0 saturated carbocycles. The van der Waals surface area contributed by atoms with E-state index in [0.29, 0.717) is 6.04 Å². The number of H-pyrrole nitrogens is 1. The van der Waals surface area contributed by atoms with Crippen molar-refractivity contribution in [3.63, 3.8) is 0 Å². The fourth-order valence-electron chi connectivity index (χ4n) is 3.63. The van der Waals surface area contributed by atoms with Gasteiger partial charge in [-0.25, -0.2) is 4.39 Å². The van der Waals surface area contributed by atoms with E-state index in [1.54, 1.807) is 6.07 Å². The first-order valence-corrected chi connectivity index (χ1v) is 9.55. The molecule has 1 aromatic carbocycles. The number of rotatable bonds is 7. The van der Waals surface area contributed by atoms with E-state index >= 15 is 0 Å². The van der Waals surface area contributed by atoms with Crippen LogP contribution >= 0.6 is 0 Å². The van der Waals surface area contributed by atoms with E-state index in [9.17, 15) is 9.50 Å². The van der Waals surface area contributed by atoms with Gasteiger partial charge in [-0.2, -0.15) is 5.10 Å². The van der Waals surface area contributed by atoms with Gasteiger partial charge in [0.2, 0.25) is 0 Å². The summed E-state index contributed by atoms with van der Waals surface area (Å²) in [5.41, 5.74) is 4.08. The van der Waals surface area contributed by atoms with Crippen LogP contribution in [0.4, 0.5) is 4.39 Å². The highest BCUT2D eigenvalue weighted by molar-refractivity contribution is 5.62. The molecule has 0 bridgehead atoms. The molecule has 2 heterocycles. The second kappa shape index (κ2) is 9.26. The van der Waals surface area contributed by atoms with Gasteiger partial charge in [0.1, 0.15) is 5.82 Å². The number of hydrogen-bond acceptors (Lipinski definition) is 4. The summed E-state index contributed by atoms with van der Waals surface area (Å²) in [7, 11) is 0. The van der Waals surface area contributed by atoms with Crippen molar-refractivity contribution in [1.29, 1.82) is 0 Å². The van der Waals surface area contributed by atoms with Crippen molar-refractivity contribution in [3.05, 3.63) is 53.5 Å². The average molecular weight is 372 g/mol. The second-order valence-corrected chi connectivity index (χ2v) is 7.46. The lowest BCUT2D eigenvalue weighted by Gasteiger charge is -2.41. The number of benzene rings is 1. The molecule has 27 heavy (non-hydrogen) atoms. The van der Waals surface area contributed by atoms with Gasteiger partial charge in [0, 0.05) is 56.5 Å². The minimum atomic E-state index is -0.246. The number of halogens is 1. The standard InChI is InChI=1S/C21H29FN4O/c1-16(2)6-8-26-10-9-25(15-20(26)7-11-27)14-18-13-23-24-21(18)17-4-3-5-19(22)12-17/h3-6,12-13,20,27H,7-11,14-15H2,1-2H3,(H,23,24)/t20-/m0/s1. The molecule has 0 aliphatic carbocycles. The summed E-state index contributed by atoms with van der Waals surface area (Å²) in [6.07, 6.45) is 4.85. The first-order chi connectivity index (χ1) is 13.1. The normalized spacial score (nSPS) is 18.6. The molecule has 0 unspecified atom stereocenters. The maximum Gasteiger partial charge on any atom is 0.123 e. The molecule has 0 radical (unpaired) electrons. The van der Waals surface area contributed by atoms with Crippen molar-refractivity contribution in [2.75, 3.05) is 32.8 Å². The van der Waals surface area contributed by atoms with Crippen molar-refractivity contribution in [2.45, 2.75) is 32.9 Å². The summed E-state index contributed by atoms with van der Waals surface area (Å²) in [4.78, 5) is 4.84. The molecule has 1 fully saturated rings. The highest BCUT2D eigenvalue weighted by Gasteiger charge is 2.26. The van der Waals surface area contributed by atoms with Crippen LogP contribution in [0.15, 0.2) is 42.1 Å². The zero-order valence-electron chi connectivity index (χ0n) is 16.2. The Labute approximate surface area is 160 Å². The van der Waals surface area contributed by atoms with Crippen LogP contribution in [0.1, 0.15) is 25.8 Å². The Bertz CT molecular complexity index is 769. The maximum absolute atomic E-state index is 13.6. The predicted molar refractivity (Wildman–Crippen MR) is 106 cm³/mol. The number of piperazine rings is 1. The fourth-order valence-corrected chi connectivity index (χ4v) is 3.63. The Hall–Kier alpha value is -2.02. The molecule has 1 aliphatic rings. The van der Waals surface area contributed by atoms with Crippen LogP contribution < -0.4 is 0 Å². The largest absolute Gasteiger partial charge is 0.396 e. The van der Waals surface area contributed by atoms with Gasteiger partial charge in [0.05, 0.1) is 11.9 Å². The van der Waals surface area contributed by atoms with Gasteiger partial charge in [-0.15, -0.1) is 0 Å². The number of aliphatic hydroxyl groups excluding tert-OH is 1. The molecule has 2 aromatic rings. The summed E-state index contributed by atoms with van der Waals surface area (Å²) >= 11 is 0. The van der Waals surface area contributed by atoms with E-state index in [1.165, 1.54) is 17.7 Å². The number of hydrogen-bond donors (Lipinski definition) is 2. The summed E-state index contributed by atoms with van der Waals surface area (Å²) in [5.74, 6) is -0.246. The summed E-state index contributed by atoms with van der Waals surface area (Å²) in [5, 5.41) is 16.7. The lowest BCUT2D eigenvalue weighted by atomic mass is 10.1. The van der Waals surface area contributed by atoms with E-state index in [1.807, 2.05) is 12.3 Å². The molecule has 6 heteroatoms. The Morgan fingerprint density at radius 1 is 1.37 bits per heavy atom. The van der Waals surface area contributed by atoms with Gasteiger partial charge < -0.3 is 5.11 Å². The van der Waals surface area contributed by atoms with Crippen LogP contribution in [-0.4, -0.2) is 63.9 Å². The highest BCUT2D eigenvalue weighted by Crippen LogP contribution is 2.24. The molecular formula is C21H29FN4O. The predicted octanol–water partition coefficient (Wildman–Crippen LogP) is 3.05. The van der Waals surface area contributed by atoms with Gasteiger partial charge in [0.25, 0.3) is 0 Å². The monoisotopic (exact) mass is 372 g/mol. The molecule has 1 aromatic heterocycles. The minimum absolute atomic E-state index is 0.198. The molecule has 146 valence electrons. The smallest absolute Gasteiger partial charge is 0.123 e. The summed E-state index contributed by atoms with van der Waals surface area (Å²) < 4.78 is 13.6. The number of allylic oxidation sites excluding steroid dienone is 1. The number of nitrogens with one attached hydrogen (secondary N) is 1. The first-order valence-electron chi connectivity index (χ1n) is 9.55. The molecule has 1 saturated heterocycles. The van der Waals surface area contributed by atoms with E-state index in [4.69, 9.17) is 0 Å². The van der Waals surface area contributed by atoms with Gasteiger partial charge in [-0.3, -0.25) is 14.9 Å². The van der Waals surface area contributed by atoms with E-state index in [0.717, 1.165) is 56.0 Å². The van der Waals surface area contributed by atoms with Crippen molar-refractivity contribution in [3.8, 4) is 11.3 Å². The van der Waals surface area contributed by atoms with Crippen LogP contribution in [0, 0.1) is 5.82 Å². The lowest BCUT2D eigenvalue weighted by molar-refractivity contribution is 0.0637. The Morgan fingerprint density at radius 3 is 2.96 bits per heavy atom. The summed E-state index contributed by atoms with van der Waals surface area (Å²) in [6.45, 7) is 8.97. The quantitative estimate of drug-likeness (QED) is 0.734. The first kappa shape index (κ1) is 19.7. The van der Waals surface area contributed by atoms with Crippen molar-refractivity contribution in [2.24, 2.45) is 0 Å². The maximum atomic E-state index is 13.6. The van der Waals surface area contributed by atoms with Crippen LogP contribution in [0.3, 0.4) is 0 Å². The van der Waals surface area contributed by atoms with Crippen molar-refractivity contribution < 1.29 is 9.50 Å². The number of nitrogens with zero attached hydrogens (tertiary/aromatic N) is 3. The molecule has 5 nitrogen and oxygen atoms in total. The third-order valence-electron chi connectivity index (χ3n) is 5.11. The van der Waals surface area contributed by atoms with Crippen LogP contribution in [0.2, 0.25) is 0 Å². The number of aromatic nitrogens is 2. The topological polar surface area (TPSA) is 55.4 Å². The number of aliphatic hydroxyl groups is 1. The molecule has 3 rings (SSSR count). The lowest BCUT2D eigenvalue weighted by Crippen LogP contribution is -2.53. The van der Waals surface area contributed by atoms with Crippen LogP contribution in [0.25, 0.3) is 11.3 Å². The highest BCUT2D eigenvalue weighted by atomic mass is 19.1. The SMILES string of the molecule is CC(C)=CCN1CCN(Cc2cn[nH]c2-c2cccc(F)c2)C[C@@H]1CCO. The average Bonchev–Trinajstić information content (AvgIpc) is 3.09. The van der Waals surface area contributed by atoms with Crippen LogP contribution in [-0.2, 0) is 6.54 Å². The van der Waals surface area contributed by atoms with Gasteiger partial charge in [-0.05, 0) is 32.4 Å². The molecule has 2 N–H and O–H groups in total. The van der Waals surface area contributed by atoms with E-state index < -0.39 is 0 Å². The third-order valence-corrected chi connectivity index (χ3v) is 5.11. The zero-order chi connectivity index (χ0) is 19.2. The molecule has 1 atom stereocenters. The van der Waals surface area contributed by atoms with E-state index in [-0.39, 0.29) is 12.4 Å². The molecular weight excluding hydrogens is 343 g/mol. The summed E-state index contributed by atoms with van der Waals surface area (Å²) in [6, 6.07) is 6.93. The zero-order valence-corrected chi connectivity index (χ0v) is 16.2. The number of aromatic amines is 1. The molecule has 0 amide bonds. The van der Waals surface area contributed by atoms with Gasteiger partial charge in [0.15, 0.2) is 0 Å². The van der Waals surface area contributed by atoms with Gasteiger partial charge >= 0.3 is 0 Å². The van der Waals surface area contributed by atoms with Crippen molar-refractivity contribution >= 4 is 0 Å². The second-order valence-electron chi connectivity index (χ2n) is 7.46. The van der Waals surface area contributed by atoms with Gasteiger partial charge in [-0.1, -0.05) is 23.8 Å². The fraction of sp³-hybridized carbons (Fsp3) is 0.476. The van der Waals surface area contributed by atoms with Crippen molar-refractivity contribution in [1.82, 2.24) is 20.0 Å². The third kappa shape index (κ3) is 5.25. The molecule has 0 spiro atoms. The van der Waals surface area contributed by atoms with Crippen LogP contribution in [0.5, 0.6) is 0 Å². The Morgan fingerprint density at radius 2 is 2.22 bits per heavy atom. The molecule has 1 aliphatic heterocycles. The Kier molecular flexibility index (Phi) is 6.77. The Balaban J connectivity index is 1.69.